The average Bonchev–Trinajstić information content (AvgIpc) is 3.52. The molecule has 2 aromatic carbocycles. The number of carbonyl (C=O) groups is 1. The van der Waals surface area contributed by atoms with Crippen LogP contribution < -0.4 is 19.6 Å². The summed E-state index contributed by atoms with van der Waals surface area (Å²) in [6.07, 6.45) is 3.24. The summed E-state index contributed by atoms with van der Waals surface area (Å²) in [6.45, 7) is 4.40. The number of aromatic nitrogens is 1. The zero-order valence-electron chi connectivity index (χ0n) is 19.8. The number of furan rings is 1. The molecule has 0 amide bonds. The molecule has 1 aliphatic rings. The number of hydrogen-bond donors (Lipinski definition) is 0. The minimum Gasteiger partial charge on any atom is -0.494 e. The Morgan fingerprint density at radius 3 is 2.50 bits per heavy atom. The van der Waals surface area contributed by atoms with E-state index in [1.807, 2.05) is 61.5 Å². The largest absolute Gasteiger partial charge is 0.494 e. The van der Waals surface area contributed by atoms with Crippen LogP contribution >= 0.6 is 11.3 Å². The van der Waals surface area contributed by atoms with Crippen molar-refractivity contribution in [1.82, 2.24) is 4.57 Å². The summed E-state index contributed by atoms with van der Waals surface area (Å²) in [6, 6.07) is 19.7. The quantitative estimate of drug-likeness (QED) is 0.359. The van der Waals surface area contributed by atoms with Gasteiger partial charge < -0.3 is 13.9 Å². The van der Waals surface area contributed by atoms with Crippen LogP contribution in [0.5, 0.6) is 5.75 Å². The van der Waals surface area contributed by atoms with Gasteiger partial charge in [-0.1, -0.05) is 53.8 Å². The van der Waals surface area contributed by atoms with Gasteiger partial charge in [-0.15, -0.1) is 0 Å². The molecule has 0 unspecified atom stereocenters. The smallest absolute Gasteiger partial charge is 0.338 e. The van der Waals surface area contributed by atoms with E-state index in [9.17, 15) is 9.59 Å². The van der Waals surface area contributed by atoms with E-state index in [4.69, 9.17) is 18.9 Å². The second-order valence-electron chi connectivity index (χ2n) is 7.95. The van der Waals surface area contributed by atoms with Crippen molar-refractivity contribution in [2.24, 2.45) is 4.99 Å². The molecule has 1 aliphatic heterocycles. The maximum Gasteiger partial charge on any atom is 0.338 e. The molecular formula is C28H24N2O5S. The average molecular weight is 501 g/mol. The van der Waals surface area contributed by atoms with Crippen molar-refractivity contribution in [3.8, 4) is 5.75 Å². The Morgan fingerprint density at radius 1 is 1.06 bits per heavy atom. The Bertz CT molecular complexity index is 1580. The fraction of sp³-hybridized carbons (Fsp3) is 0.179. The third-order valence-electron chi connectivity index (χ3n) is 5.70. The van der Waals surface area contributed by atoms with Crippen molar-refractivity contribution < 1.29 is 18.7 Å². The number of esters is 1. The summed E-state index contributed by atoms with van der Waals surface area (Å²) in [5, 5.41) is 0. The first-order chi connectivity index (χ1) is 17.6. The van der Waals surface area contributed by atoms with Crippen molar-refractivity contribution in [2.75, 3.05) is 13.2 Å². The highest BCUT2D eigenvalue weighted by molar-refractivity contribution is 7.07. The molecule has 0 spiro atoms. The monoisotopic (exact) mass is 500 g/mol. The summed E-state index contributed by atoms with van der Waals surface area (Å²) in [7, 11) is 0. The van der Waals surface area contributed by atoms with Gasteiger partial charge in [-0.05, 0) is 43.7 Å². The second kappa shape index (κ2) is 10.2. The van der Waals surface area contributed by atoms with Crippen molar-refractivity contribution >= 4 is 29.1 Å². The van der Waals surface area contributed by atoms with Crippen LogP contribution in [0.25, 0.3) is 11.8 Å². The molecule has 36 heavy (non-hydrogen) atoms. The zero-order chi connectivity index (χ0) is 25.1. The zero-order valence-corrected chi connectivity index (χ0v) is 20.7. The summed E-state index contributed by atoms with van der Waals surface area (Å²) in [4.78, 5) is 32.4. The fourth-order valence-corrected chi connectivity index (χ4v) is 5.15. The van der Waals surface area contributed by atoms with Crippen LogP contribution in [0.4, 0.5) is 0 Å². The Morgan fingerprint density at radius 2 is 1.83 bits per heavy atom. The van der Waals surface area contributed by atoms with Gasteiger partial charge in [0.05, 0.1) is 41.3 Å². The summed E-state index contributed by atoms with van der Waals surface area (Å²) in [5.41, 5.74) is 2.04. The molecule has 5 rings (SSSR count). The third kappa shape index (κ3) is 4.43. The lowest BCUT2D eigenvalue weighted by Crippen LogP contribution is -2.40. The Hall–Kier alpha value is -4.17. The van der Waals surface area contributed by atoms with Crippen molar-refractivity contribution in [1.29, 1.82) is 0 Å². The van der Waals surface area contributed by atoms with Gasteiger partial charge >= 0.3 is 5.97 Å². The first-order valence-electron chi connectivity index (χ1n) is 11.7. The number of benzene rings is 2. The maximum absolute atomic E-state index is 13.7. The standard InChI is InChI=1S/C28H24N2O5S/c1-3-33-20-14-12-19(13-15-20)25-23(27(32)34-4-2)24(18-9-6-5-7-10-18)29-28-30(25)26(31)22(36-28)17-21-11-8-16-35-21/h5-17,25H,3-4H2,1-2H3/b22-17+/t25-/m0/s1. The second-order valence-corrected chi connectivity index (χ2v) is 8.96. The predicted molar refractivity (Wildman–Crippen MR) is 137 cm³/mol. The maximum atomic E-state index is 13.7. The molecular weight excluding hydrogens is 476 g/mol. The highest BCUT2D eigenvalue weighted by Crippen LogP contribution is 2.35. The fourth-order valence-electron chi connectivity index (χ4n) is 4.17. The third-order valence-corrected chi connectivity index (χ3v) is 6.68. The van der Waals surface area contributed by atoms with E-state index in [1.54, 1.807) is 36.0 Å². The highest BCUT2D eigenvalue weighted by atomic mass is 32.1. The molecule has 0 radical (unpaired) electrons. The van der Waals surface area contributed by atoms with Crippen LogP contribution in [-0.4, -0.2) is 23.8 Å². The van der Waals surface area contributed by atoms with Gasteiger partial charge in [0.15, 0.2) is 4.80 Å². The number of ether oxygens (including phenoxy) is 2. The van der Waals surface area contributed by atoms with Gasteiger partial charge in [0.25, 0.3) is 5.56 Å². The summed E-state index contributed by atoms with van der Waals surface area (Å²) < 4.78 is 18.5. The molecule has 0 fully saturated rings. The van der Waals surface area contributed by atoms with E-state index in [1.165, 1.54) is 11.3 Å². The molecule has 7 nitrogen and oxygen atoms in total. The van der Waals surface area contributed by atoms with Crippen LogP contribution in [-0.2, 0) is 9.53 Å². The lowest BCUT2D eigenvalue weighted by Gasteiger charge is -2.26. The topological polar surface area (TPSA) is 83.0 Å². The number of rotatable bonds is 7. The Balaban J connectivity index is 1.80. The van der Waals surface area contributed by atoms with Crippen LogP contribution in [0, 0.1) is 0 Å². The molecule has 0 aliphatic carbocycles. The number of fused-ring (bicyclic) bond motifs is 1. The lowest BCUT2D eigenvalue weighted by molar-refractivity contribution is -0.138. The highest BCUT2D eigenvalue weighted by Gasteiger charge is 2.35. The van der Waals surface area contributed by atoms with E-state index in [0.29, 0.717) is 38.7 Å². The molecule has 0 saturated carbocycles. The molecule has 182 valence electrons. The lowest BCUT2D eigenvalue weighted by atomic mass is 9.93. The molecule has 0 bridgehead atoms. The SMILES string of the molecule is CCOC(=O)C1=C(c2ccccc2)N=c2s/c(=C/c3ccco3)c(=O)n2[C@H]1c1ccc(OCC)cc1. The molecule has 8 heteroatoms. The van der Waals surface area contributed by atoms with Crippen LogP contribution in [0.2, 0.25) is 0 Å². The first kappa shape index (κ1) is 23.6. The van der Waals surface area contributed by atoms with E-state index >= 15 is 0 Å². The Labute approximate surface area is 211 Å². The molecule has 1 atom stereocenters. The Kier molecular flexibility index (Phi) is 6.69. The van der Waals surface area contributed by atoms with E-state index < -0.39 is 12.0 Å². The molecule has 0 saturated heterocycles. The van der Waals surface area contributed by atoms with Crippen LogP contribution in [0.3, 0.4) is 0 Å². The van der Waals surface area contributed by atoms with Crippen LogP contribution in [0.15, 0.2) is 92.8 Å². The van der Waals surface area contributed by atoms with Gasteiger partial charge in [-0.25, -0.2) is 9.79 Å². The van der Waals surface area contributed by atoms with E-state index in [0.717, 1.165) is 11.1 Å². The molecule has 3 heterocycles. The van der Waals surface area contributed by atoms with Crippen molar-refractivity contribution in [3.63, 3.8) is 0 Å². The van der Waals surface area contributed by atoms with Gasteiger partial charge in [0, 0.05) is 11.6 Å². The minimum atomic E-state index is -0.732. The summed E-state index contributed by atoms with van der Waals surface area (Å²) >= 11 is 1.25. The summed E-state index contributed by atoms with van der Waals surface area (Å²) in [5.74, 6) is 0.751. The number of hydrogen-bond acceptors (Lipinski definition) is 7. The van der Waals surface area contributed by atoms with Crippen molar-refractivity contribution in [2.45, 2.75) is 19.9 Å². The van der Waals surface area contributed by atoms with Gasteiger partial charge in [-0.2, -0.15) is 0 Å². The minimum absolute atomic E-state index is 0.198. The van der Waals surface area contributed by atoms with Gasteiger partial charge in [0.1, 0.15) is 11.5 Å². The normalized spacial score (nSPS) is 15.4. The van der Waals surface area contributed by atoms with Crippen molar-refractivity contribution in [3.05, 3.63) is 115 Å². The number of nitrogens with zero attached hydrogens (tertiary/aromatic N) is 2. The number of carbonyl (C=O) groups excluding carboxylic acids is 1. The first-order valence-corrected chi connectivity index (χ1v) is 12.5. The number of thiazole rings is 1. The van der Waals surface area contributed by atoms with E-state index in [-0.39, 0.29) is 12.2 Å². The van der Waals surface area contributed by atoms with Crippen LogP contribution in [0.1, 0.15) is 36.8 Å². The molecule has 4 aromatic rings. The predicted octanol–water partition coefficient (Wildman–Crippen LogP) is 3.93. The van der Waals surface area contributed by atoms with E-state index in [2.05, 4.69) is 0 Å². The molecule has 2 aromatic heterocycles. The van der Waals surface area contributed by atoms with Gasteiger partial charge in [-0.3, -0.25) is 9.36 Å². The van der Waals surface area contributed by atoms with Gasteiger partial charge in [0.2, 0.25) is 0 Å². The molecule has 0 N–H and O–H groups in total.